The van der Waals surface area contributed by atoms with Crippen molar-refractivity contribution >= 4 is 11.1 Å². The van der Waals surface area contributed by atoms with Crippen molar-refractivity contribution in [1.82, 2.24) is 4.90 Å². The summed E-state index contributed by atoms with van der Waals surface area (Å²) in [4.78, 5) is 2.24. The molecule has 2 aliphatic carbocycles. The van der Waals surface area contributed by atoms with E-state index in [9.17, 15) is 5.21 Å². The van der Waals surface area contributed by atoms with Crippen molar-refractivity contribution in [3.63, 3.8) is 0 Å². The van der Waals surface area contributed by atoms with Gasteiger partial charge in [-0.05, 0) is 102 Å². The van der Waals surface area contributed by atoms with Crippen molar-refractivity contribution in [3.05, 3.63) is 159 Å². The summed E-state index contributed by atoms with van der Waals surface area (Å²) in [5.74, 6) is 0. The fourth-order valence-corrected chi connectivity index (χ4v) is 6.26. The lowest BCUT2D eigenvalue weighted by atomic mass is 9.93. The van der Waals surface area contributed by atoms with Gasteiger partial charge in [-0.1, -0.05) is 109 Å². The summed E-state index contributed by atoms with van der Waals surface area (Å²) in [7, 11) is 7.67. The molecule has 0 saturated heterocycles. The van der Waals surface area contributed by atoms with Crippen LogP contribution in [0.1, 0.15) is 57.3 Å². The third kappa shape index (κ3) is 8.00. The number of aryl methyl sites for hydroxylation is 4. The maximum Gasteiger partial charge on any atom is 0.0815 e. The molecular formula is C40H46N2O. The molecule has 0 fully saturated rings. The Morgan fingerprint density at radius 2 is 0.884 bits per heavy atom. The van der Waals surface area contributed by atoms with Gasteiger partial charge in [-0.2, -0.15) is 0 Å². The molecule has 0 N–H and O–H groups in total. The second-order valence-corrected chi connectivity index (χ2v) is 12.5. The zero-order valence-electron chi connectivity index (χ0n) is 26.4. The number of benzene rings is 4. The van der Waals surface area contributed by atoms with E-state index in [1.54, 1.807) is 14.1 Å². The van der Waals surface area contributed by atoms with Crippen LogP contribution in [-0.2, 0) is 25.7 Å². The van der Waals surface area contributed by atoms with E-state index in [0.717, 1.165) is 45.1 Å². The molecule has 0 saturated carbocycles. The Morgan fingerprint density at radius 1 is 0.558 bits per heavy atom. The monoisotopic (exact) mass is 570 g/mol. The van der Waals surface area contributed by atoms with Gasteiger partial charge in [-0.15, -0.1) is 0 Å². The number of fused-ring (bicyclic) bond motifs is 4. The highest BCUT2D eigenvalue weighted by Crippen LogP contribution is 2.35. The number of hydrogen-bond donors (Lipinski definition) is 0. The minimum Gasteiger partial charge on any atom is -0.633 e. The first kappa shape index (κ1) is 30.7. The molecule has 0 aliphatic heterocycles. The van der Waals surface area contributed by atoms with Crippen LogP contribution in [0.5, 0.6) is 0 Å². The minimum absolute atomic E-state index is 0.243. The van der Waals surface area contributed by atoms with Gasteiger partial charge in [0, 0.05) is 13.0 Å². The normalized spacial score (nSPS) is 13.8. The fraction of sp³-hybridized carbons (Fsp3) is 0.300. The van der Waals surface area contributed by atoms with Gasteiger partial charge in [0.05, 0.1) is 20.6 Å². The first-order valence-corrected chi connectivity index (χ1v) is 15.7. The first-order valence-electron chi connectivity index (χ1n) is 15.7. The molecule has 0 aromatic heterocycles. The number of rotatable bonds is 6. The standard InChI is InChI=1S/C20H23NO.C20H23N/c1-21(2,22)15-7-12-20-18-10-5-3-8-16(18)13-14-17-9-4-6-11-19(17)20;1-21(2)15-7-12-20-18-10-5-3-8-16(18)13-14-17-9-4-6-11-19(17)20/h3-6,8-12H,7,13-15H2,1-2H3;3-6,8-12H,7,13-15H2,1-2H3. The SMILES string of the molecule is CN(C)CCC=C1c2ccccc2CCc2ccccc21.C[N+](C)([O-])CCC=C1c2ccccc2CCc2ccccc21. The van der Waals surface area contributed by atoms with Gasteiger partial charge in [0.1, 0.15) is 0 Å². The molecule has 2 aliphatic rings. The van der Waals surface area contributed by atoms with Gasteiger partial charge in [0.15, 0.2) is 0 Å². The Morgan fingerprint density at radius 3 is 1.21 bits per heavy atom. The van der Waals surface area contributed by atoms with E-state index in [0.29, 0.717) is 6.54 Å². The highest BCUT2D eigenvalue weighted by molar-refractivity contribution is 5.84. The Bertz CT molecular complexity index is 1490. The van der Waals surface area contributed by atoms with Gasteiger partial charge < -0.3 is 14.8 Å². The molecule has 3 nitrogen and oxygen atoms in total. The summed E-state index contributed by atoms with van der Waals surface area (Å²) in [5.41, 5.74) is 13.9. The minimum atomic E-state index is -0.243. The molecule has 0 atom stereocenters. The van der Waals surface area contributed by atoms with Crippen molar-refractivity contribution < 1.29 is 4.65 Å². The van der Waals surface area contributed by atoms with E-state index in [1.165, 1.54) is 55.7 Å². The average Bonchev–Trinajstić information content (AvgIpc) is 3.26. The molecule has 0 radical (unpaired) electrons. The molecule has 3 heteroatoms. The van der Waals surface area contributed by atoms with Gasteiger partial charge in [0.2, 0.25) is 0 Å². The molecule has 222 valence electrons. The maximum atomic E-state index is 11.8. The lowest BCUT2D eigenvalue weighted by molar-refractivity contribution is -0.839. The summed E-state index contributed by atoms with van der Waals surface area (Å²) >= 11 is 0. The summed E-state index contributed by atoms with van der Waals surface area (Å²) in [6.45, 7) is 1.70. The summed E-state index contributed by atoms with van der Waals surface area (Å²) in [6, 6.07) is 35.1. The van der Waals surface area contributed by atoms with Crippen molar-refractivity contribution in [1.29, 1.82) is 0 Å². The lowest BCUT2D eigenvalue weighted by Crippen LogP contribution is -2.32. The zero-order chi connectivity index (χ0) is 30.2. The van der Waals surface area contributed by atoms with E-state index in [2.05, 4.69) is 128 Å². The number of quaternary nitrogens is 1. The topological polar surface area (TPSA) is 26.3 Å². The van der Waals surface area contributed by atoms with E-state index in [1.807, 2.05) is 0 Å². The van der Waals surface area contributed by atoms with Crippen LogP contribution in [0.2, 0.25) is 0 Å². The predicted octanol–water partition coefficient (Wildman–Crippen LogP) is 8.35. The second kappa shape index (κ2) is 14.1. The van der Waals surface area contributed by atoms with Gasteiger partial charge in [-0.25, -0.2) is 0 Å². The summed E-state index contributed by atoms with van der Waals surface area (Å²) in [6.07, 6.45) is 11.0. The molecule has 4 aromatic carbocycles. The molecule has 6 rings (SSSR count). The van der Waals surface area contributed by atoms with Crippen LogP contribution in [-0.4, -0.2) is 50.8 Å². The summed E-state index contributed by atoms with van der Waals surface area (Å²) in [5, 5.41) is 11.8. The largest absolute Gasteiger partial charge is 0.633 e. The summed E-state index contributed by atoms with van der Waals surface area (Å²) < 4.78 is -0.243. The van der Waals surface area contributed by atoms with Crippen molar-refractivity contribution in [2.24, 2.45) is 0 Å². The quantitative estimate of drug-likeness (QED) is 0.172. The Kier molecular flexibility index (Phi) is 10.1. The average molecular weight is 571 g/mol. The molecule has 0 amide bonds. The second-order valence-electron chi connectivity index (χ2n) is 12.5. The highest BCUT2D eigenvalue weighted by Gasteiger charge is 2.18. The number of hydrogen-bond acceptors (Lipinski definition) is 2. The van der Waals surface area contributed by atoms with Gasteiger partial charge in [0.25, 0.3) is 0 Å². The zero-order valence-corrected chi connectivity index (χ0v) is 26.4. The van der Waals surface area contributed by atoms with Crippen molar-refractivity contribution in [3.8, 4) is 0 Å². The Hall–Kier alpha value is -3.76. The fourth-order valence-electron chi connectivity index (χ4n) is 6.26. The highest BCUT2D eigenvalue weighted by atomic mass is 16.5. The van der Waals surface area contributed by atoms with Crippen LogP contribution in [0.15, 0.2) is 109 Å². The van der Waals surface area contributed by atoms with Crippen LogP contribution in [0, 0.1) is 5.21 Å². The molecule has 0 bridgehead atoms. The third-order valence-corrected chi connectivity index (χ3v) is 8.50. The van der Waals surface area contributed by atoms with Crippen LogP contribution in [0.3, 0.4) is 0 Å². The lowest BCUT2D eigenvalue weighted by Gasteiger charge is -2.33. The van der Waals surface area contributed by atoms with Crippen LogP contribution in [0.25, 0.3) is 11.1 Å². The number of nitrogens with zero attached hydrogens (tertiary/aromatic N) is 2. The molecule has 0 spiro atoms. The van der Waals surface area contributed by atoms with Gasteiger partial charge in [-0.3, -0.25) is 0 Å². The molecule has 4 aromatic rings. The maximum absolute atomic E-state index is 11.8. The predicted molar refractivity (Wildman–Crippen MR) is 183 cm³/mol. The van der Waals surface area contributed by atoms with Gasteiger partial charge >= 0.3 is 0 Å². The molecular weight excluding hydrogens is 524 g/mol. The Balaban J connectivity index is 0.000000171. The van der Waals surface area contributed by atoms with E-state index < -0.39 is 0 Å². The van der Waals surface area contributed by atoms with Crippen LogP contribution < -0.4 is 0 Å². The molecule has 0 unspecified atom stereocenters. The molecule has 43 heavy (non-hydrogen) atoms. The van der Waals surface area contributed by atoms with Crippen molar-refractivity contribution in [2.75, 3.05) is 41.3 Å². The smallest absolute Gasteiger partial charge is 0.0815 e. The molecule has 0 heterocycles. The van der Waals surface area contributed by atoms with E-state index in [4.69, 9.17) is 0 Å². The van der Waals surface area contributed by atoms with Crippen LogP contribution in [0.4, 0.5) is 0 Å². The van der Waals surface area contributed by atoms with E-state index >= 15 is 0 Å². The van der Waals surface area contributed by atoms with Crippen LogP contribution >= 0.6 is 0 Å². The van der Waals surface area contributed by atoms with Crippen molar-refractivity contribution in [2.45, 2.75) is 38.5 Å². The van der Waals surface area contributed by atoms with E-state index in [-0.39, 0.29) is 4.65 Å². The third-order valence-electron chi connectivity index (χ3n) is 8.50. The Labute approximate surface area is 259 Å². The number of hydroxylamine groups is 3. The first-order chi connectivity index (χ1) is 20.8.